The Morgan fingerprint density at radius 3 is 3.15 bits per heavy atom. The fourth-order valence-corrected chi connectivity index (χ4v) is 1.19. The number of nitrogens with two attached hydrogens (primary N) is 1. The van der Waals surface area contributed by atoms with Crippen LogP contribution in [-0.4, -0.2) is 31.1 Å². The molecule has 2 aromatic heterocycles. The minimum absolute atomic E-state index is 0.0802. The number of hydrogen-bond donors (Lipinski definition) is 1. The fourth-order valence-electron chi connectivity index (χ4n) is 1.19. The number of aromatic nitrogens is 5. The lowest BCUT2D eigenvalue weighted by atomic mass is 10.2. The first-order valence-electron chi connectivity index (χ1n) is 4.04. The molecule has 6 nitrogen and oxygen atoms in total. The van der Waals surface area contributed by atoms with E-state index in [4.69, 9.17) is 5.73 Å². The maximum atomic E-state index is 5.67. The molecule has 0 aliphatic heterocycles. The standard InChI is InChI=1S/C7H10N6/c1-5(8)2-6-3-9-4-7-10-11-12-13(6)7/h3-5H,2,8H2,1H3. The van der Waals surface area contributed by atoms with E-state index in [1.807, 2.05) is 6.92 Å². The average Bonchev–Trinajstić information content (AvgIpc) is 2.51. The second-order valence-corrected chi connectivity index (χ2v) is 3.03. The molecule has 13 heavy (non-hydrogen) atoms. The summed E-state index contributed by atoms with van der Waals surface area (Å²) in [4.78, 5) is 4.02. The van der Waals surface area contributed by atoms with Crippen LogP contribution in [0.3, 0.4) is 0 Å². The Morgan fingerprint density at radius 1 is 1.54 bits per heavy atom. The molecule has 2 heterocycles. The van der Waals surface area contributed by atoms with Gasteiger partial charge in [0.15, 0.2) is 5.65 Å². The van der Waals surface area contributed by atoms with Crippen LogP contribution in [0.4, 0.5) is 0 Å². The number of hydrogen-bond acceptors (Lipinski definition) is 5. The molecular weight excluding hydrogens is 168 g/mol. The molecule has 0 spiro atoms. The first-order chi connectivity index (χ1) is 6.27. The summed E-state index contributed by atoms with van der Waals surface area (Å²) in [5.74, 6) is 0. The average molecular weight is 178 g/mol. The topological polar surface area (TPSA) is 82.0 Å². The highest BCUT2D eigenvalue weighted by molar-refractivity contribution is 5.32. The van der Waals surface area contributed by atoms with E-state index in [1.165, 1.54) is 0 Å². The van der Waals surface area contributed by atoms with Crippen LogP contribution in [0, 0.1) is 0 Å². The molecule has 2 aromatic rings. The normalized spacial score (nSPS) is 13.4. The summed E-state index contributed by atoms with van der Waals surface area (Å²) in [5.41, 5.74) is 7.25. The van der Waals surface area contributed by atoms with Crippen LogP contribution in [0.25, 0.3) is 5.65 Å². The van der Waals surface area contributed by atoms with Gasteiger partial charge in [0, 0.05) is 18.7 Å². The molecule has 68 valence electrons. The monoisotopic (exact) mass is 178 g/mol. The summed E-state index contributed by atoms with van der Waals surface area (Å²) < 4.78 is 1.65. The van der Waals surface area contributed by atoms with Crippen LogP contribution in [0.2, 0.25) is 0 Å². The van der Waals surface area contributed by atoms with Crippen molar-refractivity contribution in [1.82, 2.24) is 25.0 Å². The van der Waals surface area contributed by atoms with Gasteiger partial charge in [-0.2, -0.15) is 4.52 Å². The van der Waals surface area contributed by atoms with E-state index >= 15 is 0 Å². The highest BCUT2D eigenvalue weighted by Gasteiger charge is 2.05. The highest BCUT2D eigenvalue weighted by Crippen LogP contribution is 2.01. The number of tetrazole rings is 1. The summed E-state index contributed by atoms with van der Waals surface area (Å²) in [5, 5.41) is 11.2. The van der Waals surface area contributed by atoms with E-state index in [2.05, 4.69) is 20.5 Å². The molecule has 2 rings (SSSR count). The summed E-state index contributed by atoms with van der Waals surface area (Å²) >= 11 is 0. The van der Waals surface area contributed by atoms with Crippen molar-refractivity contribution in [2.45, 2.75) is 19.4 Å². The van der Waals surface area contributed by atoms with Crippen molar-refractivity contribution in [3.05, 3.63) is 18.1 Å². The zero-order valence-corrected chi connectivity index (χ0v) is 7.25. The zero-order chi connectivity index (χ0) is 9.26. The van der Waals surface area contributed by atoms with Gasteiger partial charge in [-0.25, -0.2) is 0 Å². The van der Waals surface area contributed by atoms with Gasteiger partial charge in [0.05, 0.1) is 11.9 Å². The summed E-state index contributed by atoms with van der Waals surface area (Å²) in [6.07, 6.45) is 4.06. The fraction of sp³-hybridized carbons (Fsp3) is 0.429. The van der Waals surface area contributed by atoms with Gasteiger partial charge in [-0.05, 0) is 17.4 Å². The Labute approximate surface area is 74.8 Å². The number of nitrogens with zero attached hydrogens (tertiary/aromatic N) is 5. The molecule has 0 aromatic carbocycles. The van der Waals surface area contributed by atoms with Gasteiger partial charge in [-0.15, -0.1) is 5.10 Å². The minimum atomic E-state index is 0.0802. The first-order valence-corrected chi connectivity index (χ1v) is 4.04. The SMILES string of the molecule is CC(N)Cc1cncc2nnnn12. The third kappa shape index (κ3) is 1.48. The van der Waals surface area contributed by atoms with Gasteiger partial charge in [-0.1, -0.05) is 0 Å². The molecule has 0 bridgehead atoms. The Kier molecular flexibility index (Phi) is 1.90. The van der Waals surface area contributed by atoms with E-state index in [-0.39, 0.29) is 6.04 Å². The van der Waals surface area contributed by atoms with Crippen molar-refractivity contribution in [3.8, 4) is 0 Å². The van der Waals surface area contributed by atoms with E-state index in [1.54, 1.807) is 16.9 Å². The maximum absolute atomic E-state index is 5.67. The highest BCUT2D eigenvalue weighted by atomic mass is 15.5. The lowest BCUT2D eigenvalue weighted by Gasteiger charge is -2.04. The van der Waals surface area contributed by atoms with Gasteiger partial charge in [-0.3, -0.25) is 4.98 Å². The van der Waals surface area contributed by atoms with Gasteiger partial charge >= 0.3 is 0 Å². The molecule has 1 atom stereocenters. The Hall–Kier alpha value is -1.56. The second kappa shape index (κ2) is 3.06. The maximum Gasteiger partial charge on any atom is 0.197 e. The predicted octanol–water partition coefficient (Wildman–Crippen LogP) is -0.591. The molecule has 0 radical (unpaired) electrons. The smallest absolute Gasteiger partial charge is 0.197 e. The number of rotatable bonds is 2. The number of fused-ring (bicyclic) bond motifs is 1. The van der Waals surface area contributed by atoms with Gasteiger partial charge in [0.2, 0.25) is 0 Å². The third-order valence-corrected chi connectivity index (χ3v) is 1.71. The molecule has 6 heteroatoms. The largest absolute Gasteiger partial charge is 0.328 e. The molecule has 0 fully saturated rings. The van der Waals surface area contributed by atoms with Crippen LogP contribution >= 0.6 is 0 Å². The first kappa shape index (κ1) is 8.06. The molecule has 0 aliphatic rings. The van der Waals surface area contributed by atoms with E-state index < -0.39 is 0 Å². The van der Waals surface area contributed by atoms with Crippen LogP contribution in [0.1, 0.15) is 12.6 Å². The van der Waals surface area contributed by atoms with E-state index in [0.717, 1.165) is 12.1 Å². The van der Waals surface area contributed by atoms with Gasteiger partial charge < -0.3 is 5.73 Å². The molecule has 0 saturated heterocycles. The van der Waals surface area contributed by atoms with Crippen molar-refractivity contribution < 1.29 is 0 Å². The van der Waals surface area contributed by atoms with E-state index in [0.29, 0.717) is 5.65 Å². The van der Waals surface area contributed by atoms with Gasteiger partial charge in [0.25, 0.3) is 0 Å². The van der Waals surface area contributed by atoms with Crippen molar-refractivity contribution in [1.29, 1.82) is 0 Å². The summed E-state index contributed by atoms with van der Waals surface area (Å²) in [7, 11) is 0. The lowest BCUT2D eigenvalue weighted by molar-refractivity contribution is 0.681. The van der Waals surface area contributed by atoms with Crippen LogP contribution in [-0.2, 0) is 6.42 Å². The van der Waals surface area contributed by atoms with Crippen molar-refractivity contribution in [2.24, 2.45) is 5.73 Å². The van der Waals surface area contributed by atoms with Crippen LogP contribution in [0.15, 0.2) is 12.4 Å². The molecule has 0 aliphatic carbocycles. The predicted molar refractivity (Wildman–Crippen MR) is 45.9 cm³/mol. The lowest BCUT2D eigenvalue weighted by Crippen LogP contribution is -2.19. The third-order valence-electron chi connectivity index (χ3n) is 1.71. The van der Waals surface area contributed by atoms with Crippen molar-refractivity contribution >= 4 is 5.65 Å². The van der Waals surface area contributed by atoms with Crippen LogP contribution in [0.5, 0.6) is 0 Å². The molecular formula is C7H10N6. The van der Waals surface area contributed by atoms with Crippen molar-refractivity contribution in [2.75, 3.05) is 0 Å². The Balaban J connectivity index is 2.48. The molecule has 1 unspecified atom stereocenters. The van der Waals surface area contributed by atoms with Gasteiger partial charge in [0.1, 0.15) is 0 Å². The Bertz CT molecular complexity index is 406. The summed E-state index contributed by atoms with van der Waals surface area (Å²) in [6, 6.07) is 0.0802. The summed E-state index contributed by atoms with van der Waals surface area (Å²) in [6.45, 7) is 1.93. The second-order valence-electron chi connectivity index (χ2n) is 3.03. The quantitative estimate of drug-likeness (QED) is 0.664. The van der Waals surface area contributed by atoms with Crippen LogP contribution < -0.4 is 5.73 Å². The molecule has 0 amide bonds. The van der Waals surface area contributed by atoms with Crippen molar-refractivity contribution in [3.63, 3.8) is 0 Å². The van der Waals surface area contributed by atoms with E-state index in [9.17, 15) is 0 Å². The zero-order valence-electron chi connectivity index (χ0n) is 7.25. The minimum Gasteiger partial charge on any atom is -0.328 e. The Morgan fingerprint density at radius 2 is 2.38 bits per heavy atom. The molecule has 0 saturated carbocycles. The molecule has 2 N–H and O–H groups in total.